The van der Waals surface area contributed by atoms with E-state index >= 15 is 0 Å². The molecule has 2 rings (SSSR count). The molecule has 1 aromatic rings. The predicted molar refractivity (Wildman–Crippen MR) is 75.2 cm³/mol. The summed E-state index contributed by atoms with van der Waals surface area (Å²) in [7, 11) is 0. The van der Waals surface area contributed by atoms with E-state index in [2.05, 4.69) is 5.32 Å². The Hall–Kier alpha value is -1.62. The molecule has 0 bridgehead atoms. The van der Waals surface area contributed by atoms with Gasteiger partial charge in [-0.3, -0.25) is 14.5 Å². The van der Waals surface area contributed by atoms with Crippen molar-refractivity contribution in [3.8, 4) is 0 Å². The van der Waals surface area contributed by atoms with Crippen LogP contribution in [0.1, 0.15) is 27.2 Å². The summed E-state index contributed by atoms with van der Waals surface area (Å²) < 4.78 is 13.2. The van der Waals surface area contributed by atoms with Gasteiger partial charge < -0.3 is 5.32 Å². The minimum Gasteiger partial charge on any atom is -0.340 e. The fourth-order valence-electron chi connectivity index (χ4n) is 2.33. The molecule has 108 valence electrons. The summed E-state index contributed by atoms with van der Waals surface area (Å²) in [5.74, 6) is -0.991. The number of rotatable bonds is 2. The van der Waals surface area contributed by atoms with Gasteiger partial charge in [0.2, 0.25) is 5.91 Å². The first-order valence-corrected chi connectivity index (χ1v) is 6.76. The third-order valence-corrected chi connectivity index (χ3v) is 3.66. The third-order valence-electron chi connectivity index (χ3n) is 3.36. The van der Waals surface area contributed by atoms with Crippen LogP contribution in [-0.4, -0.2) is 23.4 Å². The van der Waals surface area contributed by atoms with Crippen molar-refractivity contribution in [2.45, 2.75) is 38.8 Å². The van der Waals surface area contributed by atoms with Crippen molar-refractivity contribution in [3.63, 3.8) is 0 Å². The number of halogens is 2. The largest absolute Gasteiger partial charge is 0.340 e. The van der Waals surface area contributed by atoms with Gasteiger partial charge in [-0.15, -0.1) is 0 Å². The van der Waals surface area contributed by atoms with Crippen molar-refractivity contribution in [2.75, 3.05) is 4.90 Å². The Kier molecular flexibility index (Phi) is 3.73. The number of amides is 2. The Morgan fingerprint density at radius 1 is 1.40 bits per heavy atom. The SMILES string of the molecule is CCC1C(=O)NC(C)(C)C(=O)N1c1ccc(F)cc1Cl. The molecule has 20 heavy (non-hydrogen) atoms. The zero-order valence-electron chi connectivity index (χ0n) is 11.5. The van der Waals surface area contributed by atoms with Gasteiger partial charge in [0.25, 0.3) is 5.91 Å². The molecule has 1 atom stereocenters. The number of anilines is 1. The molecule has 0 saturated carbocycles. The summed E-state index contributed by atoms with van der Waals surface area (Å²) in [5, 5.41) is 2.80. The average Bonchev–Trinajstić information content (AvgIpc) is 2.34. The van der Waals surface area contributed by atoms with E-state index in [0.29, 0.717) is 12.1 Å². The van der Waals surface area contributed by atoms with E-state index in [1.54, 1.807) is 20.8 Å². The molecule has 0 radical (unpaired) electrons. The molecule has 1 aliphatic heterocycles. The Bertz CT molecular complexity index is 574. The molecule has 1 heterocycles. The van der Waals surface area contributed by atoms with Gasteiger partial charge >= 0.3 is 0 Å². The van der Waals surface area contributed by atoms with E-state index in [4.69, 9.17) is 11.6 Å². The van der Waals surface area contributed by atoms with Crippen molar-refractivity contribution in [1.29, 1.82) is 0 Å². The predicted octanol–water partition coefficient (Wildman–Crippen LogP) is 2.50. The minimum atomic E-state index is -1.01. The van der Waals surface area contributed by atoms with Gasteiger partial charge in [-0.2, -0.15) is 0 Å². The standard InChI is InChI=1S/C14H16ClFN2O2/c1-4-10-12(19)17-14(2,3)13(20)18(10)11-6-5-8(16)7-9(11)15/h5-7,10H,4H2,1-3H3,(H,17,19). The normalized spacial score (nSPS) is 21.9. The zero-order chi connectivity index (χ0) is 15.1. The lowest BCUT2D eigenvalue weighted by Crippen LogP contribution is -2.68. The molecule has 4 nitrogen and oxygen atoms in total. The van der Waals surface area contributed by atoms with E-state index in [-0.39, 0.29) is 16.8 Å². The second-order valence-electron chi connectivity index (χ2n) is 5.31. The van der Waals surface area contributed by atoms with Crippen molar-refractivity contribution in [3.05, 3.63) is 29.0 Å². The lowest BCUT2D eigenvalue weighted by Gasteiger charge is -2.42. The summed E-state index contributed by atoms with van der Waals surface area (Å²) in [4.78, 5) is 26.0. The lowest BCUT2D eigenvalue weighted by molar-refractivity contribution is -0.137. The van der Waals surface area contributed by atoms with E-state index in [1.807, 2.05) is 0 Å². The quantitative estimate of drug-likeness (QED) is 0.912. The van der Waals surface area contributed by atoms with Crippen LogP contribution in [0.2, 0.25) is 5.02 Å². The second-order valence-corrected chi connectivity index (χ2v) is 5.72. The van der Waals surface area contributed by atoms with Gasteiger partial charge in [0, 0.05) is 0 Å². The van der Waals surface area contributed by atoms with E-state index in [0.717, 1.165) is 6.07 Å². The topological polar surface area (TPSA) is 49.4 Å². The van der Waals surface area contributed by atoms with Crippen LogP contribution >= 0.6 is 11.6 Å². The molecule has 0 aromatic heterocycles. The van der Waals surface area contributed by atoms with Crippen molar-refractivity contribution >= 4 is 29.1 Å². The van der Waals surface area contributed by atoms with Gasteiger partial charge in [-0.25, -0.2) is 4.39 Å². The van der Waals surface area contributed by atoms with Gasteiger partial charge in [0.15, 0.2) is 0 Å². The summed E-state index contributed by atoms with van der Waals surface area (Å²) >= 11 is 6.03. The highest BCUT2D eigenvalue weighted by Crippen LogP contribution is 2.32. The third kappa shape index (κ3) is 2.38. The van der Waals surface area contributed by atoms with Gasteiger partial charge in [0.05, 0.1) is 10.7 Å². The van der Waals surface area contributed by atoms with Crippen molar-refractivity contribution < 1.29 is 14.0 Å². The molecule has 1 N–H and O–H groups in total. The van der Waals surface area contributed by atoms with Crippen LogP contribution in [-0.2, 0) is 9.59 Å². The first-order chi connectivity index (χ1) is 9.27. The van der Waals surface area contributed by atoms with Gasteiger partial charge in [-0.05, 0) is 38.5 Å². The Balaban J connectivity index is 2.54. The van der Waals surface area contributed by atoms with Crippen LogP contribution in [0.15, 0.2) is 18.2 Å². The molecule has 6 heteroatoms. The Morgan fingerprint density at radius 2 is 2.05 bits per heavy atom. The number of hydrogen-bond acceptors (Lipinski definition) is 2. The number of nitrogens with one attached hydrogen (secondary N) is 1. The molecule has 1 saturated heterocycles. The van der Waals surface area contributed by atoms with E-state index in [1.165, 1.54) is 17.0 Å². The summed E-state index contributed by atoms with van der Waals surface area (Å²) in [6, 6.07) is 3.14. The highest BCUT2D eigenvalue weighted by Gasteiger charge is 2.45. The second kappa shape index (κ2) is 5.05. The van der Waals surface area contributed by atoms with Crippen LogP contribution in [0, 0.1) is 5.82 Å². The Morgan fingerprint density at radius 3 is 2.60 bits per heavy atom. The number of hydrogen-bond donors (Lipinski definition) is 1. The molecule has 1 aliphatic rings. The maximum atomic E-state index is 13.2. The molecule has 0 spiro atoms. The number of carbonyl (C=O) groups excluding carboxylic acids is 2. The van der Waals surface area contributed by atoms with Crippen LogP contribution in [0.4, 0.5) is 10.1 Å². The average molecular weight is 299 g/mol. The monoisotopic (exact) mass is 298 g/mol. The van der Waals surface area contributed by atoms with Crippen LogP contribution in [0.5, 0.6) is 0 Å². The number of nitrogens with zero attached hydrogens (tertiary/aromatic N) is 1. The maximum Gasteiger partial charge on any atom is 0.252 e. The first kappa shape index (κ1) is 14.8. The highest BCUT2D eigenvalue weighted by atomic mass is 35.5. The van der Waals surface area contributed by atoms with Gasteiger partial charge in [-0.1, -0.05) is 18.5 Å². The van der Waals surface area contributed by atoms with E-state index < -0.39 is 17.4 Å². The van der Waals surface area contributed by atoms with Crippen LogP contribution in [0.25, 0.3) is 0 Å². The molecule has 0 aliphatic carbocycles. The summed E-state index contributed by atoms with van der Waals surface area (Å²) in [6.07, 6.45) is 0.446. The summed E-state index contributed by atoms with van der Waals surface area (Å²) in [5.41, 5.74) is -0.659. The van der Waals surface area contributed by atoms with Gasteiger partial charge in [0.1, 0.15) is 17.4 Å². The number of benzene rings is 1. The fraction of sp³-hybridized carbons (Fsp3) is 0.429. The number of carbonyl (C=O) groups is 2. The molecule has 1 fully saturated rings. The molecule has 1 unspecified atom stereocenters. The Labute approximate surface area is 121 Å². The van der Waals surface area contributed by atoms with Crippen molar-refractivity contribution in [2.24, 2.45) is 0 Å². The summed E-state index contributed by atoms with van der Waals surface area (Å²) in [6.45, 7) is 5.06. The lowest BCUT2D eigenvalue weighted by atomic mass is 9.95. The molecular formula is C14H16ClFN2O2. The molecule has 1 aromatic carbocycles. The fourth-order valence-corrected chi connectivity index (χ4v) is 2.58. The van der Waals surface area contributed by atoms with Crippen LogP contribution in [0.3, 0.4) is 0 Å². The first-order valence-electron chi connectivity index (χ1n) is 6.38. The minimum absolute atomic E-state index is 0.113. The van der Waals surface area contributed by atoms with Crippen molar-refractivity contribution in [1.82, 2.24) is 5.32 Å². The smallest absolute Gasteiger partial charge is 0.252 e. The molecule has 2 amide bonds. The van der Waals surface area contributed by atoms with E-state index in [9.17, 15) is 14.0 Å². The number of piperazine rings is 1. The molecular weight excluding hydrogens is 283 g/mol. The zero-order valence-corrected chi connectivity index (χ0v) is 12.3. The maximum absolute atomic E-state index is 13.2. The van der Waals surface area contributed by atoms with Crippen LogP contribution < -0.4 is 10.2 Å². The highest BCUT2D eigenvalue weighted by molar-refractivity contribution is 6.34.